The number of carboxylic acid groups (broad SMARTS) is 1. The summed E-state index contributed by atoms with van der Waals surface area (Å²) in [5.41, 5.74) is -0.307. The van der Waals surface area contributed by atoms with E-state index >= 15 is 0 Å². The Morgan fingerprint density at radius 3 is 2.43 bits per heavy atom. The maximum absolute atomic E-state index is 12.2. The van der Waals surface area contributed by atoms with Crippen LogP contribution in [0.4, 0.5) is 13.2 Å². The lowest BCUT2D eigenvalue weighted by Crippen LogP contribution is -2.35. The number of hydrogen-bond donors (Lipinski definition) is 2. The van der Waals surface area contributed by atoms with Crippen LogP contribution in [0.15, 0.2) is 23.1 Å². The molecular formula is C11H11ClF3NO4S. The first-order valence-electron chi connectivity index (χ1n) is 5.54. The molecule has 0 aromatic heterocycles. The van der Waals surface area contributed by atoms with Crippen molar-refractivity contribution < 1.29 is 31.5 Å². The Hall–Kier alpha value is -1.32. The maximum atomic E-state index is 12.2. The summed E-state index contributed by atoms with van der Waals surface area (Å²) in [7, 11) is -4.22. The summed E-state index contributed by atoms with van der Waals surface area (Å²) in [5, 5.41) is 8.43. The third-order valence-corrected chi connectivity index (χ3v) is 4.28. The Morgan fingerprint density at radius 1 is 1.43 bits per heavy atom. The maximum Gasteiger partial charge on any atom is 0.390 e. The fraction of sp³-hybridized carbons (Fsp3) is 0.364. The molecule has 0 saturated heterocycles. The molecule has 1 unspecified atom stereocenters. The van der Waals surface area contributed by atoms with Gasteiger partial charge in [-0.2, -0.15) is 13.2 Å². The fourth-order valence-electron chi connectivity index (χ4n) is 1.56. The van der Waals surface area contributed by atoms with Crippen molar-refractivity contribution in [3.63, 3.8) is 0 Å². The van der Waals surface area contributed by atoms with Crippen LogP contribution in [0.1, 0.15) is 23.7 Å². The quantitative estimate of drug-likeness (QED) is 0.859. The summed E-state index contributed by atoms with van der Waals surface area (Å²) in [6.45, 7) is 1.07. The molecule has 0 aliphatic heterocycles. The minimum absolute atomic E-state index is 0.307. The van der Waals surface area contributed by atoms with E-state index in [0.29, 0.717) is 0 Å². The molecule has 0 saturated carbocycles. The van der Waals surface area contributed by atoms with E-state index < -0.39 is 39.5 Å². The van der Waals surface area contributed by atoms with Gasteiger partial charge in [-0.05, 0) is 25.1 Å². The third kappa shape index (κ3) is 5.18. The van der Waals surface area contributed by atoms with E-state index in [9.17, 15) is 26.4 Å². The van der Waals surface area contributed by atoms with Crippen LogP contribution in [0, 0.1) is 0 Å². The molecule has 0 amide bonds. The van der Waals surface area contributed by atoms with Crippen molar-refractivity contribution in [1.29, 1.82) is 0 Å². The van der Waals surface area contributed by atoms with Gasteiger partial charge in [0, 0.05) is 6.04 Å². The fourth-order valence-corrected chi connectivity index (χ4v) is 3.15. The number of carboxylic acids is 1. The van der Waals surface area contributed by atoms with Gasteiger partial charge in [-0.3, -0.25) is 0 Å². The van der Waals surface area contributed by atoms with Crippen LogP contribution in [0.3, 0.4) is 0 Å². The van der Waals surface area contributed by atoms with E-state index in [4.69, 9.17) is 16.7 Å². The second kappa shape index (κ2) is 6.20. The highest BCUT2D eigenvalue weighted by Gasteiger charge is 2.32. The standard InChI is InChI=1S/C11H11ClF3NO4S/c1-6(5-11(13,14)15)16-21(19,20)7-2-3-8(10(17)18)9(12)4-7/h2-4,6,16H,5H2,1H3,(H,17,18). The van der Waals surface area contributed by atoms with Crippen molar-refractivity contribution >= 4 is 27.6 Å². The molecule has 0 heterocycles. The Morgan fingerprint density at radius 2 is 2.00 bits per heavy atom. The van der Waals surface area contributed by atoms with E-state index in [1.165, 1.54) is 0 Å². The van der Waals surface area contributed by atoms with E-state index in [-0.39, 0.29) is 10.6 Å². The summed E-state index contributed by atoms with van der Waals surface area (Å²) in [6.07, 6.45) is -5.83. The summed E-state index contributed by atoms with van der Waals surface area (Å²) in [5.74, 6) is -1.35. The van der Waals surface area contributed by atoms with Crippen LogP contribution < -0.4 is 4.72 Å². The molecule has 118 valence electrons. The highest BCUT2D eigenvalue weighted by Crippen LogP contribution is 2.24. The first-order valence-corrected chi connectivity index (χ1v) is 7.40. The average Bonchev–Trinajstić information content (AvgIpc) is 2.24. The molecule has 0 aliphatic rings. The molecule has 1 atom stereocenters. The first kappa shape index (κ1) is 17.7. The normalized spacial score (nSPS) is 14.0. The summed E-state index contributed by atoms with van der Waals surface area (Å²) in [4.78, 5) is 10.3. The van der Waals surface area contributed by atoms with Crippen LogP contribution >= 0.6 is 11.6 Å². The molecule has 5 nitrogen and oxygen atoms in total. The predicted molar refractivity (Wildman–Crippen MR) is 68.9 cm³/mol. The number of benzene rings is 1. The van der Waals surface area contributed by atoms with E-state index in [0.717, 1.165) is 25.1 Å². The van der Waals surface area contributed by atoms with Crippen LogP contribution in [0.5, 0.6) is 0 Å². The van der Waals surface area contributed by atoms with Gasteiger partial charge in [-0.15, -0.1) is 0 Å². The number of nitrogens with one attached hydrogen (secondary N) is 1. The van der Waals surface area contributed by atoms with Crippen molar-refractivity contribution in [2.24, 2.45) is 0 Å². The lowest BCUT2D eigenvalue weighted by molar-refractivity contribution is -0.137. The highest BCUT2D eigenvalue weighted by molar-refractivity contribution is 7.89. The lowest BCUT2D eigenvalue weighted by Gasteiger charge is -2.16. The molecule has 0 spiro atoms. The number of carbonyl (C=O) groups is 1. The lowest BCUT2D eigenvalue weighted by atomic mass is 10.2. The van der Waals surface area contributed by atoms with Gasteiger partial charge in [0.2, 0.25) is 10.0 Å². The van der Waals surface area contributed by atoms with Crippen LogP contribution in [-0.2, 0) is 10.0 Å². The van der Waals surface area contributed by atoms with Crippen molar-refractivity contribution in [2.75, 3.05) is 0 Å². The van der Waals surface area contributed by atoms with Gasteiger partial charge < -0.3 is 5.11 Å². The second-order valence-electron chi connectivity index (χ2n) is 4.29. The van der Waals surface area contributed by atoms with Crippen molar-refractivity contribution in [3.8, 4) is 0 Å². The zero-order chi connectivity index (χ0) is 16.4. The zero-order valence-corrected chi connectivity index (χ0v) is 12.2. The molecular weight excluding hydrogens is 335 g/mol. The molecule has 10 heteroatoms. The predicted octanol–water partition coefficient (Wildman–Crippen LogP) is 2.66. The van der Waals surface area contributed by atoms with Gasteiger partial charge >= 0.3 is 12.1 Å². The Labute approximate surface area is 123 Å². The van der Waals surface area contributed by atoms with Gasteiger partial charge in [0.25, 0.3) is 0 Å². The summed E-state index contributed by atoms with van der Waals surface area (Å²) < 4.78 is 62.1. The zero-order valence-electron chi connectivity index (χ0n) is 10.6. The van der Waals surface area contributed by atoms with Crippen molar-refractivity contribution in [3.05, 3.63) is 28.8 Å². The summed E-state index contributed by atoms with van der Waals surface area (Å²) in [6, 6.07) is 1.42. The van der Waals surface area contributed by atoms with E-state index in [2.05, 4.69) is 0 Å². The van der Waals surface area contributed by atoms with Gasteiger partial charge in [0.15, 0.2) is 0 Å². The summed E-state index contributed by atoms with van der Waals surface area (Å²) >= 11 is 5.62. The number of sulfonamides is 1. The Balaban J connectivity index is 2.98. The minimum Gasteiger partial charge on any atom is -0.478 e. The van der Waals surface area contributed by atoms with E-state index in [1.54, 1.807) is 0 Å². The molecule has 1 rings (SSSR count). The SMILES string of the molecule is CC(CC(F)(F)F)NS(=O)(=O)c1ccc(C(=O)O)c(Cl)c1. The smallest absolute Gasteiger partial charge is 0.390 e. The number of alkyl halides is 3. The van der Waals surface area contributed by atoms with Crippen LogP contribution in [0.2, 0.25) is 5.02 Å². The number of halogens is 4. The monoisotopic (exact) mass is 345 g/mol. The van der Waals surface area contributed by atoms with Crippen LogP contribution in [-0.4, -0.2) is 31.7 Å². The van der Waals surface area contributed by atoms with Crippen molar-refractivity contribution in [1.82, 2.24) is 4.72 Å². The first-order chi connectivity index (χ1) is 9.42. The van der Waals surface area contributed by atoms with Gasteiger partial charge in [0.05, 0.1) is 21.9 Å². The average molecular weight is 346 g/mol. The largest absolute Gasteiger partial charge is 0.478 e. The molecule has 1 aromatic rings. The van der Waals surface area contributed by atoms with Crippen molar-refractivity contribution in [2.45, 2.75) is 30.5 Å². The highest BCUT2D eigenvalue weighted by atomic mass is 35.5. The molecule has 2 N–H and O–H groups in total. The number of hydrogen-bond acceptors (Lipinski definition) is 3. The molecule has 21 heavy (non-hydrogen) atoms. The second-order valence-corrected chi connectivity index (χ2v) is 6.41. The van der Waals surface area contributed by atoms with Gasteiger partial charge in [-0.25, -0.2) is 17.9 Å². The number of rotatable bonds is 5. The van der Waals surface area contributed by atoms with Crippen LogP contribution in [0.25, 0.3) is 0 Å². The van der Waals surface area contributed by atoms with Gasteiger partial charge in [-0.1, -0.05) is 11.6 Å². The van der Waals surface area contributed by atoms with Gasteiger partial charge in [0.1, 0.15) is 0 Å². The topological polar surface area (TPSA) is 83.5 Å². The molecule has 0 fully saturated rings. The molecule has 1 aromatic carbocycles. The molecule has 0 bridgehead atoms. The molecule has 0 radical (unpaired) electrons. The minimum atomic E-state index is -4.51. The Bertz CT molecular complexity index is 645. The molecule has 0 aliphatic carbocycles. The third-order valence-electron chi connectivity index (χ3n) is 2.38. The number of aromatic carboxylic acids is 1. The Kier molecular flexibility index (Phi) is 5.24. The van der Waals surface area contributed by atoms with E-state index in [1.807, 2.05) is 4.72 Å².